The van der Waals surface area contributed by atoms with Gasteiger partial charge in [0.15, 0.2) is 0 Å². The second-order valence-corrected chi connectivity index (χ2v) is 8.08. The third-order valence-electron chi connectivity index (χ3n) is 5.39. The van der Waals surface area contributed by atoms with Gasteiger partial charge in [-0.25, -0.2) is 0 Å². The van der Waals surface area contributed by atoms with E-state index < -0.39 is 0 Å². The van der Waals surface area contributed by atoms with Crippen LogP contribution in [0.1, 0.15) is 64.5 Å². The summed E-state index contributed by atoms with van der Waals surface area (Å²) in [7, 11) is 0. The molecule has 0 fully saturated rings. The average molecular weight is 476 g/mol. The molecule has 0 aliphatic carbocycles. The van der Waals surface area contributed by atoms with Gasteiger partial charge in [0.1, 0.15) is 0 Å². The van der Waals surface area contributed by atoms with Crippen LogP contribution in [0.5, 0.6) is 0 Å². The summed E-state index contributed by atoms with van der Waals surface area (Å²) < 4.78 is 0. The Labute approximate surface area is 203 Å². The molecule has 156 valence electrons. The molecule has 0 aliphatic heterocycles. The van der Waals surface area contributed by atoms with Gasteiger partial charge in [0.05, 0.1) is 0 Å². The monoisotopic (exact) mass is 474 g/mol. The van der Waals surface area contributed by atoms with Crippen molar-refractivity contribution in [3.05, 3.63) is 97.8 Å². The van der Waals surface area contributed by atoms with Crippen LogP contribution in [0.25, 0.3) is 21.5 Å². The standard InChI is InChI=1S/C21H18.2C4H9.Zr/c1-21(2,19-11-15-7-3-4-8-16(15)12-19)20-13-17-9-5-6-10-18(17)14-20;2*1-3-4-2;/h3-14H,1-2H3;2*1,3-4H2,2H3;/q-2;2*-1;+4. The van der Waals surface area contributed by atoms with Crippen LogP contribution in [-0.4, -0.2) is 0 Å². The van der Waals surface area contributed by atoms with Crippen molar-refractivity contribution in [1.29, 1.82) is 0 Å². The Morgan fingerprint density at radius 1 is 0.700 bits per heavy atom. The summed E-state index contributed by atoms with van der Waals surface area (Å²) in [6.07, 6.45) is 4.56. The number of unbranched alkanes of at least 4 members (excludes halogenated alkanes) is 2. The molecule has 0 N–H and O–H groups in total. The van der Waals surface area contributed by atoms with Crippen LogP contribution in [0.4, 0.5) is 0 Å². The summed E-state index contributed by atoms with van der Waals surface area (Å²) in [5, 5.41) is 5.32. The minimum Gasteiger partial charge on any atom is -0.343 e. The Kier molecular flexibility index (Phi) is 11.6. The van der Waals surface area contributed by atoms with E-state index in [1.54, 1.807) is 0 Å². The number of hydrogen-bond donors (Lipinski definition) is 0. The molecule has 1 heteroatoms. The molecule has 0 spiro atoms. The van der Waals surface area contributed by atoms with Crippen molar-refractivity contribution in [1.82, 2.24) is 0 Å². The van der Waals surface area contributed by atoms with E-state index in [9.17, 15) is 0 Å². The molecular formula is C29H36Zr. The molecule has 0 aliphatic rings. The molecular weight excluding hydrogens is 440 g/mol. The van der Waals surface area contributed by atoms with Gasteiger partial charge in [-0.05, 0) is 5.41 Å². The summed E-state index contributed by atoms with van der Waals surface area (Å²) in [5.74, 6) is 0. The fourth-order valence-corrected chi connectivity index (χ4v) is 3.19. The zero-order chi connectivity index (χ0) is 21.3. The summed E-state index contributed by atoms with van der Waals surface area (Å²) in [6.45, 7) is 16.1. The third kappa shape index (κ3) is 6.78. The molecule has 0 aromatic heterocycles. The van der Waals surface area contributed by atoms with Crippen LogP contribution in [0.3, 0.4) is 0 Å². The first-order chi connectivity index (χ1) is 14.0. The average Bonchev–Trinajstić information content (AvgIpc) is 3.39. The quantitative estimate of drug-likeness (QED) is 0.258. The summed E-state index contributed by atoms with van der Waals surface area (Å²) in [4.78, 5) is 0. The predicted octanol–water partition coefficient (Wildman–Crippen LogP) is 9.00. The zero-order valence-electron chi connectivity index (χ0n) is 19.2. The molecule has 0 heterocycles. The SMILES string of the molecule is CC(C)(c1cc2ccccc2[cH-]1)c1cc2ccccc2[cH-]1.[CH2-]CCC.[CH2-]CCC.[Zr+4]. The van der Waals surface area contributed by atoms with E-state index in [0.717, 1.165) is 12.8 Å². The maximum Gasteiger partial charge on any atom is 4.00 e. The first kappa shape index (κ1) is 26.6. The molecule has 0 saturated carbocycles. The second-order valence-electron chi connectivity index (χ2n) is 8.08. The summed E-state index contributed by atoms with van der Waals surface area (Å²) >= 11 is 0. The molecule has 4 rings (SSSR count). The van der Waals surface area contributed by atoms with Crippen LogP contribution in [0.15, 0.2) is 72.8 Å². The Morgan fingerprint density at radius 2 is 1.03 bits per heavy atom. The Bertz CT molecular complexity index is 834. The largest absolute Gasteiger partial charge is 4.00 e. The molecule has 0 bridgehead atoms. The van der Waals surface area contributed by atoms with Crippen LogP contribution in [-0.2, 0) is 31.6 Å². The van der Waals surface area contributed by atoms with Gasteiger partial charge in [-0.1, -0.05) is 52.7 Å². The van der Waals surface area contributed by atoms with E-state index in [1.807, 2.05) is 0 Å². The summed E-state index contributed by atoms with van der Waals surface area (Å²) in [5.41, 5.74) is 2.80. The molecule has 4 aromatic carbocycles. The Morgan fingerprint density at radius 3 is 1.33 bits per heavy atom. The topological polar surface area (TPSA) is 0 Å². The van der Waals surface area contributed by atoms with Gasteiger partial charge in [0.25, 0.3) is 0 Å². The number of hydrogen-bond acceptors (Lipinski definition) is 0. The zero-order valence-corrected chi connectivity index (χ0v) is 21.6. The fraction of sp³-hybridized carbons (Fsp3) is 0.310. The van der Waals surface area contributed by atoms with Crippen LogP contribution >= 0.6 is 0 Å². The van der Waals surface area contributed by atoms with Crippen molar-refractivity contribution in [3.8, 4) is 0 Å². The van der Waals surface area contributed by atoms with E-state index in [2.05, 4.69) is 114 Å². The maximum absolute atomic E-state index is 3.60. The Hall–Kier alpha value is -1.46. The van der Waals surface area contributed by atoms with Crippen molar-refractivity contribution < 1.29 is 26.2 Å². The number of fused-ring (bicyclic) bond motifs is 2. The molecule has 0 amide bonds. The van der Waals surface area contributed by atoms with Crippen LogP contribution in [0, 0.1) is 13.8 Å². The second kappa shape index (κ2) is 13.1. The molecule has 0 atom stereocenters. The van der Waals surface area contributed by atoms with Crippen molar-refractivity contribution in [2.45, 2.75) is 58.8 Å². The van der Waals surface area contributed by atoms with E-state index in [1.165, 1.54) is 45.5 Å². The van der Waals surface area contributed by atoms with Gasteiger partial charge in [-0.15, -0.1) is 81.2 Å². The van der Waals surface area contributed by atoms with Gasteiger partial charge < -0.3 is 13.8 Å². The van der Waals surface area contributed by atoms with Crippen LogP contribution in [0.2, 0.25) is 0 Å². The van der Waals surface area contributed by atoms with Crippen molar-refractivity contribution in [2.24, 2.45) is 0 Å². The van der Waals surface area contributed by atoms with E-state index in [4.69, 9.17) is 0 Å². The van der Waals surface area contributed by atoms with E-state index >= 15 is 0 Å². The normalized spacial score (nSPS) is 10.6. The third-order valence-corrected chi connectivity index (χ3v) is 5.39. The molecule has 0 nitrogen and oxygen atoms in total. The first-order valence-electron chi connectivity index (χ1n) is 10.9. The maximum atomic E-state index is 3.60. The molecule has 0 unspecified atom stereocenters. The summed E-state index contributed by atoms with van der Waals surface area (Å²) in [6, 6.07) is 26.5. The van der Waals surface area contributed by atoms with Crippen LogP contribution < -0.4 is 0 Å². The Balaban J connectivity index is 0.000000435. The number of rotatable bonds is 4. The minimum atomic E-state index is 0. The molecule has 0 saturated heterocycles. The van der Waals surface area contributed by atoms with Gasteiger partial charge in [-0.3, -0.25) is 0 Å². The van der Waals surface area contributed by atoms with Crippen molar-refractivity contribution >= 4 is 21.5 Å². The smallest absolute Gasteiger partial charge is 0.343 e. The van der Waals surface area contributed by atoms with E-state index in [-0.39, 0.29) is 31.6 Å². The molecule has 0 radical (unpaired) electrons. The number of benzene rings is 2. The first-order valence-corrected chi connectivity index (χ1v) is 10.9. The van der Waals surface area contributed by atoms with Crippen molar-refractivity contribution in [2.75, 3.05) is 0 Å². The van der Waals surface area contributed by atoms with E-state index in [0.29, 0.717) is 0 Å². The van der Waals surface area contributed by atoms with Gasteiger partial charge in [-0.2, -0.15) is 25.0 Å². The molecule has 4 aromatic rings. The minimum absolute atomic E-state index is 0. The van der Waals surface area contributed by atoms with Gasteiger partial charge in [0.2, 0.25) is 0 Å². The predicted molar refractivity (Wildman–Crippen MR) is 132 cm³/mol. The van der Waals surface area contributed by atoms with Gasteiger partial charge >= 0.3 is 26.2 Å². The molecule has 30 heavy (non-hydrogen) atoms. The fourth-order valence-electron chi connectivity index (χ4n) is 3.19. The van der Waals surface area contributed by atoms with Gasteiger partial charge in [0, 0.05) is 0 Å². The van der Waals surface area contributed by atoms with Crippen molar-refractivity contribution in [3.63, 3.8) is 0 Å².